The Hall–Kier alpha value is -2.46. The Bertz CT molecular complexity index is 1030. The van der Waals surface area contributed by atoms with E-state index in [1.54, 1.807) is 17.8 Å². The van der Waals surface area contributed by atoms with Crippen molar-refractivity contribution in [1.29, 1.82) is 0 Å². The van der Waals surface area contributed by atoms with Crippen molar-refractivity contribution in [3.05, 3.63) is 64.8 Å². The van der Waals surface area contributed by atoms with Gasteiger partial charge < -0.3 is 10.0 Å². The number of fused-ring (bicyclic) bond motifs is 2. The molecule has 0 fully saturated rings. The Morgan fingerprint density at radius 3 is 2.65 bits per heavy atom. The Labute approximate surface area is 158 Å². The number of aryl methyl sites for hydroxylation is 2. The molecule has 0 spiro atoms. The van der Waals surface area contributed by atoms with E-state index in [1.165, 1.54) is 32.1 Å². The van der Waals surface area contributed by atoms with Crippen LogP contribution in [0.4, 0.5) is 5.69 Å². The van der Waals surface area contributed by atoms with Crippen molar-refractivity contribution in [2.75, 3.05) is 11.4 Å². The molecule has 0 saturated carbocycles. The fraction of sp³-hybridized carbons (Fsp3) is 0.227. The molecule has 0 atom stereocenters. The van der Waals surface area contributed by atoms with Crippen molar-refractivity contribution < 1.29 is 9.67 Å². The van der Waals surface area contributed by atoms with Gasteiger partial charge in [0.05, 0.1) is 10.7 Å². The zero-order chi connectivity index (χ0) is 18.3. The lowest BCUT2D eigenvalue weighted by Gasteiger charge is -2.17. The van der Waals surface area contributed by atoms with Gasteiger partial charge in [-0.25, -0.2) is 0 Å². The van der Waals surface area contributed by atoms with Crippen LogP contribution < -0.4 is 9.47 Å². The molecule has 26 heavy (non-hydrogen) atoms. The Morgan fingerprint density at radius 2 is 1.88 bits per heavy atom. The molecule has 1 aromatic heterocycles. The van der Waals surface area contributed by atoms with Gasteiger partial charge in [-0.2, -0.15) is 4.57 Å². The highest BCUT2D eigenvalue weighted by molar-refractivity contribution is 8.03. The van der Waals surface area contributed by atoms with Crippen LogP contribution >= 0.6 is 11.8 Å². The number of hydrogen-bond donors (Lipinski definition) is 1. The first kappa shape index (κ1) is 17.0. The van der Waals surface area contributed by atoms with Crippen molar-refractivity contribution in [1.82, 2.24) is 0 Å². The van der Waals surface area contributed by atoms with Gasteiger partial charge in [-0.05, 0) is 50.6 Å². The third-order valence-corrected chi connectivity index (χ3v) is 5.95. The van der Waals surface area contributed by atoms with Crippen LogP contribution in [-0.2, 0) is 6.54 Å². The summed E-state index contributed by atoms with van der Waals surface area (Å²) in [5.74, 6) is 0.314. The second-order valence-corrected chi connectivity index (χ2v) is 7.61. The van der Waals surface area contributed by atoms with E-state index in [4.69, 9.17) is 0 Å². The smallest absolute Gasteiger partial charge is 0.213 e. The van der Waals surface area contributed by atoms with Gasteiger partial charge in [-0.3, -0.25) is 0 Å². The van der Waals surface area contributed by atoms with Crippen LogP contribution in [0.2, 0.25) is 0 Å². The molecule has 132 valence electrons. The number of phenolic OH excluding ortho intramolecular Hbond substituents is 1. The van der Waals surface area contributed by atoms with Crippen LogP contribution in [0.15, 0.2) is 58.5 Å². The molecule has 0 aliphatic carbocycles. The lowest BCUT2D eigenvalue weighted by atomic mass is 10.1. The molecule has 1 N–H and O–H groups in total. The zero-order valence-electron chi connectivity index (χ0n) is 15.4. The number of pyridine rings is 1. The van der Waals surface area contributed by atoms with Crippen molar-refractivity contribution in [2.45, 2.75) is 32.2 Å². The van der Waals surface area contributed by atoms with Gasteiger partial charge in [0.25, 0.3) is 0 Å². The van der Waals surface area contributed by atoms with Crippen molar-refractivity contribution in [2.24, 2.45) is 0 Å². The number of thioether (sulfide) groups is 1. The van der Waals surface area contributed by atoms with Crippen molar-refractivity contribution >= 4 is 34.4 Å². The van der Waals surface area contributed by atoms with Crippen LogP contribution in [0.5, 0.6) is 5.75 Å². The first-order valence-corrected chi connectivity index (χ1v) is 9.85. The van der Waals surface area contributed by atoms with Gasteiger partial charge in [0.1, 0.15) is 12.3 Å². The fourth-order valence-corrected chi connectivity index (χ4v) is 4.71. The minimum Gasteiger partial charge on any atom is -0.508 e. The van der Waals surface area contributed by atoms with E-state index >= 15 is 0 Å². The van der Waals surface area contributed by atoms with Gasteiger partial charge in [0.15, 0.2) is 0 Å². The summed E-state index contributed by atoms with van der Waals surface area (Å²) in [6.07, 6.45) is 2.26. The lowest BCUT2D eigenvalue weighted by Crippen LogP contribution is -2.37. The fourth-order valence-electron chi connectivity index (χ4n) is 3.56. The average Bonchev–Trinajstić information content (AvgIpc) is 2.97. The Kier molecular flexibility index (Phi) is 4.37. The molecule has 1 aliphatic heterocycles. The van der Waals surface area contributed by atoms with E-state index in [0.717, 1.165) is 18.8 Å². The van der Waals surface area contributed by atoms with Crippen LogP contribution in [0.3, 0.4) is 0 Å². The van der Waals surface area contributed by atoms with Crippen LogP contribution in [0, 0.1) is 6.92 Å². The summed E-state index contributed by atoms with van der Waals surface area (Å²) >= 11 is 1.76. The normalized spacial score (nSPS) is 15.0. The third kappa shape index (κ3) is 2.84. The van der Waals surface area contributed by atoms with Crippen LogP contribution in [-0.4, -0.2) is 11.7 Å². The maximum atomic E-state index is 9.85. The van der Waals surface area contributed by atoms with E-state index in [0.29, 0.717) is 5.75 Å². The SMILES string of the molecule is CCN1C(=Cc2ccc3ccc(C)cc3[n+]2CC)Sc2ccc(O)cc21. The Balaban J connectivity index is 1.84. The summed E-state index contributed by atoms with van der Waals surface area (Å²) in [5.41, 5.74) is 4.83. The zero-order valence-corrected chi connectivity index (χ0v) is 16.2. The highest BCUT2D eigenvalue weighted by Crippen LogP contribution is 2.47. The molecule has 1 aliphatic rings. The molecule has 0 unspecified atom stereocenters. The number of phenols is 1. The number of nitrogens with zero attached hydrogens (tertiary/aromatic N) is 2. The van der Waals surface area contributed by atoms with Gasteiger partial charge in [-0.1, -0.05) is 17.8 Å². The van der Waals surface area contributed by atoms with E-state index in [2.05, 4.69) is 66.6 Å². The van der Waals surface area contributed by atoms with E-state index in [1.807, 2.05) is 12.1 Å². The molecule has 0 amide bonds. The first-order valence-electron chi connectivity index (χ1n) is 9.04. The van der Waals surface area contributed by atoms with E-state index in [9.17, 15) is 5.11 Å². The quantitative estimate of drug-likeness (QED) is 0.657. The first-order chi connectivity index (χ1) is 12.6. The van der Waals surface area contributed by atoms with Gasteiger partial charge in [0.2, 0.25) is 11.2 Å². The van der Waals surface area contributed by atoms with Gasteiger partial charge >= 0.3 is 0 Å². The number of anilines is 1. The molecule has 4 heteroatoms. The van der Waals surface area contributed by atoms with E-state index in [-0.39, 0.29) is 0 Å². The number of aromatic nitrogens is 1. The molecule has 3 nitrogen and oxygen atoms in total. The number of aromatic hydroxyl groups is 1. The minimum absolute atomic E-state index is 0.314. The highest BCUT2D eigenvalue weighted by Gasteiger charge is 2.26. The maximum absolute atomic E-state index is 9.85. The summed E-state index contributed by atoms with van der Waals surface area (Å²) in [6.45, 7) is 8.26. The molecule has 3 aromatic rings. The second-order valence-electron chi connectivity index (χ2n) is 6.55. The van der Waals surface area contributed by atoms with Crippen LogP contribution in [0.1, 0.15) is 25.1 Å². The predicted octanol–water partition coefficient (Wildman–Crippen LogP) is 5.09. The number of benzene rings is 2. The summed E-state index contributed by atoms with van der Waals surface area (Å²) < 4.78 is 2.37. The molecular formula is C22H23N2OS+. The lowest BCUT2D eigenvalue weighted by molar-refractivity contribution is -0.669. The van der Waals surface area contributed by atoms with E-state index < -0.39 is 0 Å². The molecule has 0 radical (unpaired) electrons. The molecule has 0 bridgehead atoms. The largest absolute Gasteiger partial charge is 0.508 e. The molecular weight excluding hydrogens is 340 g/mol. The average molecular weight is 364 g/mol. The highest BCUT2D eigenvalue weighted by atomic mass is 32.2. The Morgan fingerprint density at radius 1 is 1.08 bits per heavy atom. The third-order valence-electron chi connectivity index (χ3n) is 4.84. The molecule has 0 saturated heterocycles. The van der Waals surface area contributed by atoms with Crippen molar-refractivity contribution in [3.63, 3.8) is 0 Å². The van der Waals surface area contributed by atoms with Gasteiger partial charge in [0, 0.05) is 41.1 Å². The number of hydrogen-bond acceptors (Lipinski definition) is 3. The van der Waals surface area contributed by atoms with Gasteiger partial charge in [-0.15, -0.1) is 0 Å². The monoisotopic (exact) mass is 363 g/mol. The molecule has 2 aromatic carbocycles. The summed E-state index contributed by atoms with van der Waals surface area (Å²) in [5, 5.41) is 12.3. The topological polar surface area (TPSA) is 27.4 Å². The predicted molar refractivity (Wildman–Crippen MR) is 110 cm³/mol. The standard InChI is InChI=1S/C22H22N2OS/c1-4-23-17(9-8-16-7-6-15(3)12-19(16)23)13-22-24(5-2)20-14-18(25)10-11-21(20)26-22/h6-14H,4-5H2,1-3H3/p+1. The summed E-state index contributed by atoms with van der Waals surface area (Å²) in [7, 11) is 0. The number of rotatable bonds is 3. The second kappa shape index (κ2) is 6.69. The molecule has 2 heterocycles. The minimum atomic E-state index is 0.314. The summed E-state index contributed by atoms with van der Waals surface area (Å²) in [6, 6.07) is 16.6. The summed E-state index contributed by atoms with van der Waals surface area (Å²) in [4.78, 5) is 3.45. The molecule has 4 rings (SSSR count). The van der Waals surface area contributed by atoms with Crippen LogP contribution in [0.25, 0.3) is 17.0 Å². The van der Waals surface area contributed by atoms with Crippen molar-refractivity contribution in [3.8, 4) is 5.75 Å². The maximum Gasteiger partial charge on any atom is 0.213 e.